The summed E-state index contributed by atoms with van der Waals surface area (Å²) in [5.41, 5.74) is -1.04. The molecule has 1 aliphatic heterocycles. The second-order valence-electron chi connectivity index (χ2n) is 7.45. The van der Waals surface area contributed by atoms with E-state index in [0.29, 0.717) is 22.4 Å². The Balaban J connectivity index is 2.09. The molecule has 0 bridgehead atoms. The molecule has 0 fully saturated rings. The smallest absolute Gasteiger partial charge is 0.416 e. The highest BCUT2D eigenvalue weighted by Crippen LogP contribution is 2.56. The number of benzene rings is 1. The van der Waals surface area contributed by atoms with Crippen molar-refractivity contribution >= 4 is 34.2 Å². The van der Waals surface area contributed by atoms with E-state index < -0.39 is 28.9 Å². The predicted molar refractivity (Wildman–Crippen MR) is 109 cm³/mol. The highest BCUT2D eigenvalue weighted by Gasteiger charge is 2.59. The third kappa shape index (κ3) is 2.95. The van der Waals surface area contributed by atoms with Gasteiger partial charge in [0, 0.05) is 16.5 Å². The van der Waals surface area contributed by atoms with E-state index >= 15 is 0 Å². The van der Waals surface area contributed by atoms with Gasteiger partial charge in [-0.25, -0.2) is 4.79 Å². The van der Waals surface area contributed by atoms with E-state index in [2.05, 4.69) is 0 Å². The van der Waals surface area contributed by atoms with Crippen LogP contribution >= 0.6 is 11.3 Å². The molecule has 4 rings (SSSR count). The number of alkyl halides is 3. The van der Waals surface area contributed by atoms with E-state index in [0.717, 1.165) is 30.5 Å². The second kappa shape index (κ2) is 7.23. The minimum atomic E-state index is -4.60. The molecule has 0 unspecified atom stereocenters. The predicted octanol–water partition coefficient (Wildman–Crippen LogP) is 6.15. The zero-order chi connectivity index (χ0) is 21.7. The molecule has 7 heteroatoms. The number of hydrogen-bond donors (Lipinski definition) is 0. The molecule has 1 aromatic heterocycles. The quantitative estimate of drug-likeness (QED) is 0.430. The zero-order valence-corrected chi connectivity index (χ0v) is 17.2. The standard InChI is InChI=1S/C23H19F3O3S/c1-3-4-6-16-15-9-8-14(23(24,25)26)12-17(15)22(20(16)18-7-5-10-30-18)19(27)11-13(2)29-21(22)28/h5,7-12H,3-4,6H2,1-2H3/t22-/m0/s1. The maximum Gasteiger partial charge on any atom is 0.416 e. The number of ether oxygens (including phenoxy) is 1. The van der Waals surface area contributed by atoms with Crippen molar-refractivity contribution in [1.29, 1.82) is 0 Å². The number of thiophene rings is 1. The molecule has 2 aliphatic rings. The molecule has 2 heterocycles. The van der Waals surface area contributed by atoms with Crippen LogP contribution in [0.25, 0.3) is 11.1 Å². The van der Waals surface area contributed by atoms with Gasteiger partial charge in [-0.05, 0) is 60.0 Å². The van der Waals surface area contributed by atoms with Crippen molar-refractivity contribution in [2.45, 2.75) is 44.7 Å². The third-order valence-electron chi connectivity index (χ3n) is 5.56. The molecule has 0 N–H and O–H groups in total. The summed E-state index contributed by atoms with van der Waals surface area (Å²) in [6, 6.07) is 6.92. The van der Waals surface area contributed by atoms with Crippen molar-refractivity contribution in [3.63, 3.8) is 0 Å². The lowest BCUT2D eigenvalue weighted by molar-refractivity contribution is -0.149. The molecule has 1 aromatic carbocycles. The van der Waals surface area contributed by atoms with E-state index in [1.165, 1.54) is 30.4 Å². The first kappa shape index (κ1) is 20.6. The number of esters is 1. The van der Waals surface area contributed by atoms with Gasteiger partial charge in [0.1, 0.15) is 5.76 Å². The van der Waals surface area contributed by atoms with Crippen LogP contribution in [0.5, 0.6) is 0 Å². The lowest BCUT2D eigenvalue weighted by atomic mass is 9.71. The number of carbonyl (C=O) groups is 2. The molecule has 0 radical (unpaired) electrons. The monoisotopic (exact) mass is 432 g/mol. The fourth-order valence-electron chi connectivity index (χ4n) is 4.27. The number of fused-ring (bicyclic) bond motifs is 2. The van der Waals surface area contributed by atoms with Crippen LogP contribution < -0.4 is 0 Å². The van der Waals surface area contributed by atoms with Crippen LogP contribution in [0.2, 0.25) is 0 Å². The van der Waals surface area contributed by atoms with Crippen molar-refractivity contribution in [2.75, 3.05) is 0 Å². The summed E-state index contributed by atoms with van der Waals surface area (Å²) in [5.74, 6) is -1.27. The highest BCUT2D eigenvalue weighted by molar-refractivity contribution is 7.11. The number of unbranched alkanes of at least 4 members (excludes halogenated alkanes) is 1. The zero-order valence-electron chi connectivity index (χ0n) is 16.4. The van der Waals surface area contributed by atoms with Gasteiger partial charge < -0.3 is 4.74 Å². The van der Waals surface area contributed by atoms with Crippen LogP contribution in [0.1, 0.15) is 54.7 Å². The number of rotatable bonds is 4. The molecule has 3 nitrogen and oxygen atoms in total. The Morgan fingerprint density at radius 3 is 2.53 bits per heavy atom. The van der Waals surface area contributed by atoms with Gasteiger partial charge in [0.25, 0.3) is 0 Å². The maximum absolute atomic E-state index is 13.5. The van der Waals surface area contributed by atoms with Gasteiger partial charge in [-0.1, -0.05) is 25.5 Å². The van der Waals surface area contributed by atoms with Gasteiger partial charge in [-0.15, -0.1) is 11.3 Å². The summed E-state index contributed by atoms with van der Waals surface area (Å²) in [7, 11) is 0. The molecule has 30 heavy (non-hydrogen) atoms. The lowest BCUT2D eigenvalue weighted by Gasteiger charge is -2.32. The van der Waals surface area contributed by atoms with Crippen molar-refractivity contribution < 1.29 is 27.5 Å². The summed E-state index contributed by atoms with van der Waals surface area (Å²) in [5, 5.41) is 1.82. The molecule has 0 saturated heterocycles. The summed E-state index contributed by atoms with van der Waals surface area (Å²) in [4.78, 5) is 27.4. The Kier molecular flexibility index (Phi) is 4.97. The van der Waals surface area contributed by atoms with Crippen LogP contribution in [0.15, 0.2) is 47.5 Å². The van der Waals surface area contributed by atoms with Gasteiger partial charge in [0.2, 0.25) is 0 Å². The fourth-order valence-corrected chi connectivity index (χ4v) is 5.13. The van der Waals surface area contributed by atoms with Gasteiger partial charge in [0.15, 0.2) is 11.2 Å². The number of hydrogen-bond acceptors (Lipinski definition) is 4. The minimum Gasteiger partial charge on any atom is -0.430 e. The maximum atomic E-state index is 13.5. The van der Waals surface area contributed by atoms with Gasteiger partial charge in [0.05, 0.1) is 5.56 Å². The number of allylic oxidation sites excluding steroid dienone is 3. The van der Waals surface area contributed by atoms with Crippen LogP contribution in [-0.4, -0.2) is 11.8 Å². The molecule has 0 saturated carbocycles. The second-order valence-corrected chi connectivity index (χ2v) is 8.40. The Morgan fingerprint density at radius 1 is 1.17 bits per heavy atom. The topological polar surface area (TPSA) is 43.4 Å². The minimum absolute atomic E-state index is 0.0607. The van der Waals surface area contributed by atoms with E-state index in [4.69, 9.17) is 4.74 Å². The van der Waals surface area contributed by atoms with Crippen LogP contribution in [0.3, 0.4) is 0 Å². The lowest BCUT2D eigenvalue weighted by Crippen LogP contribution is -2.46. The van der Waals surface area contributed by atoms with Crippen LogP contribution in [0, 0.1) is 0 Å². The first-order chi connectivity index (χ1) is 14.2. The summed E-state index contributed by atoms with van der Waals surface area (Å²) in [6.45, 7) is 3.49. The largest absolute Gasteiger partial charge is 0.430 e. The summed E-state index contributed by atoms with van der Waals surface area (Å²) < 4.78 is 45.9. The SMILES string of the molecule is CCCCC1=C(c2cccs2)[C@@]2(C(=O)C=C(C)OC2=O)c2cc(C(F)(F)F)ccc21. The molecule has 1 aliphatic carbocycles. The molecule has 1 spiro atoms. The molecule has 2 aromatic rings. The molecule has 1 atom stereocenters. The van der Waals surface area contributed by atoms with Crippen molar-refractivity contribution in [3.8, 4) is 0 Å². The first-order valence-corrected chi connectivity index (χ1v) is 10.5. The van der Waals surface area contributed by atoms with Crippen molar-refractivity contribution in [2.24, 2.45) is 0 Å². The Hall–Kier alpha value is -2.67. The Morgan fingerprint density at radius 2 is 1.93 bits per heavy atom. The van der Waals surface area contributed by atoms with Crippen LogP contribution in [-0.2, 0) is 25.9 Å². The van der Waals surface area contributed by atoms with E-state index in [9.17, 15) is 22.8 Å². The average molecular weight is 432 g/mol. The fraction of sp³-hybridized carbons (Fsp3) is 0.304. The van der Waals surface area contributed by atoms with E-state index in [-0.39, 0.29) is 11.3 Å². The van der Waals surface area contributed by atoms with Crippen molar-refractivity contribution in [3.05, 3.63) is 69.1 Å². The highest BCUT2D eigenvalue weighted by atomic mass is 32.1. The molecule has 0 amide bonds. The number of ketones is 1. The molecular weight excluding hydrogens is 413 g/mol. The summed E-state index contributed by atoms with van der Waals surface area (Å²) in [6.07, 6.45) is -1.20. The third-order valence-corrected chi connectivity index (χ3v) is 6.45. The van der Waals surface area contributed by atoms with Crippen LogP contribution in [0.4, 0.5) is 13.2 Å². The molecule has 156 valence electrons. The van der Waals surface area contributed by atoms with Gasteiger partial charge >= 0.3 is 12.1 Å². The average Bonchev–Trinajstić information content (AvgIpc) is 3.28. The van der Waals surface area contributed by atoms with E-state index in [1.54, 1.807) is 12.1 Å². The first-order valence-electron chi connectivity index (χ1n) is 9.65. The number of halogens is 3. The van der Waals surface area contributed by atoms with Gasteiger partial charge in [-0.3, -0.25) is 4.79 Å². The number of carbonyl (C=O) groups excluding carboxylic acids is 2. The normalized spacial score (nSPS) is 21.2. The Labute approximate surface area is 175 Å². The Bertz CT molecular complexity index is 1090. The summed E-state index contributed by atoms with van der Waals surface area (Å²) >= 11 is 1.35. The van der Waals surface area contributed by atoms with Crippen molar-refractivity contribution in [1.82, 2.24) is 0 Å². The van der Waals surface area contributed by atoms with E-state index in [1.807, 2.05) is 12.3 Å². The van der Waals surface area contributed by atoms with Gasteiger partial charge in [-0.2, -0.15) is 13.2 Å². The number of cyclic esters (lactones) is 1. The molecular formula is C23H19F3O3S.